The number of hydrogen-bond donors (Lipinski definition) is 0. The standard InChI is InChI=1S/C15H25IN2/c1-5-10-18(11-6-2)14-9-7-8-13(15(14)16)12-17(3)4/h7-9H,5-6,10-12H2,1-4H3. The van der Waals surface area contributed by atoms with E-state index < -0.39 is 0 Å². The van der Waals surface area contributed by atoms with E-state index in [9.17, 15) is 0 Å². The van der Waals surface area contributed by atoms with Gasteiger partial charge in [0.2, 0.25) is 0 Å². The molecular weight excluding hydrogens is 335 g/mol. The Morgan fingerprint density at radius 3 is 2.17 bits per heavy atom. The molecule has 0 amide bonds. The molecule has 0 aliphatic rings. The monoisotopic (exact) mass is 360 g/mol. The summed E-state index contributed by atoms with van der Waals surface area (Å²) < 4.78 is 1.41. The van der Waals surface area contributed by atoms with Crippen molar-refractivity contribution in [3.63, 3.8) is 0 Å². The first-order valence-electron chi connectivity index (χ1n) is 6.77. The summed E-state index contributed by atoms with van der Waals surface area (Å²) in [5, 5.41) is 0. The average molecular weight is 360 g/mol. The van der Waals surface area contributed by atoms with E-state index in [1.54, 1.807) is 0 Å². The molecule has 0 fully saturated rings. The van der Waals surface area contributed by atoms with Crippen LogP contribution in [0, 0.1) is 3.57 Å². The molecule has 0 spiro atoms. The summed E-state index contributed by atoms with van der Waals surface area (Å²) in [5.41, 5.74) is 2.83. The van der Waals surface area contributed by atoms with Crippen molar-refractivity contribution in [3.8, 4) is 0 Å². The number of rotatable bonds is 7. The molecule has 0 atom stereocenters. The van der Waals surface area contributed by atoms with Crippen LogP contribution in [0.2, 0.25) is 0 Å². The number of anilines is 1. The van der Waals surface area contributed by atoms with Crippen LogP contribution in [0.1, 0.15) is 32.3 Å². The van der Waals surface area contributed by atoms with Gasteiger partial charge in [-0.25, -0.2) is 0 Å². The fourth-order valence-electron chi connectivity index (χ4n) is 2.17. The van der Waals surface area contributed by atoms with E-state index in [4.69, 9.17) is 0 Å². The quantitative estimate of drug-likeness (QED) is 0.679. The number of halogens is 1. The minimum Gasteiger partial charge on any atom is -0.371 e. The average Bonchev–Trinajstić information content (AvgIpc) is 2.31. The smallest absolute Gasteiger partial charge is 0.0505 e. The molecule has 0 N–H and O–H groups in total. The van der Waals surface area contributed by atoms with Crippen molar-refractivity contribution >= 4 is 28.3 Å². The third kappa shape index (κ3) is 4.43. The van der Waals surface area contributed by atoms with E-state index in [0.717, 1.165) is 19.6 Å². The molecule has 1 aromatic carbocycles. The Morgan fingerprint density at radius 2 is 1.67 bits per heavy atom. The highest BCUT2D eigenvalue weighted by atomic mass is 127. The van der Waals surface area contributed by atoms with Gasteiger partial charge in [-0.3, -0.25) is 0 Å². The lowest BCUT2D eigenvalue weighted by Crippen LogP contribution is -2.26. The zero-order valence-electron chi connectivity index (χ0n) is 12.0. The maximum absolute atomic E-state index is 2.51. The molecule has 0 saturated carbocycles. The van der Waals surface area contributed by atoms with Gasteiger partial charge in [0.15, 0.2) is 0 Å². The minimum absolute atomic E-state index is 1.01. The molecule has 0 heterocycles. The summed E-state index contributed by atoms with van der Waals surface area (Å²) in [4.78, 5) is 4.74. The SMILES string of the molecule is CCCN(CCC)c1cccc(CN(C)C)c1I. The van der Waals surface area contributed by atoms with Gasteiger partial charge in [-0.05, 0) is 61.2 Å². The number of hydrogen-bond acceptors (Lipinski definition) is 2. The van der Waals surface area contributed by atoms with Crippen LogP contribution >= 0.6 is 22.6 Å². The van der Waals surface area contributed by atoms with E-state index in [-0.39, 0.29) is 0 Å². The molecule has 0 aromatic heterocycles. The van der Waals surface area contributed by atoms with Gasteiger partial charge in [0.05, 0.1) is 5.69 Å². The maximum atomic E-state index is 2.51. The molecule has 1 rings (SSSR count). The molecule has 2 nitrogen and oxygen atoms in total. The summed E-state index contributed by atoms with van der Waals surface area (Å²) in [6.45, 7) is 7.81. The Balaban J connectivity index is 2.99. The van der Waals surface area contributed by atoms with E-state index in [0.29, 0.717) is 0 Å². The first-order valence-corrected chi connectivity index (χ1v) is 7.85. The van der Waals surface area contributed by atoms with Crippen LogP contribution in [-0.2, 0) is 6.54 Å². The zero-order chi connectivity index (χ0) is 13.5. The topological polar surface area (TPSA) is 6.48 Å². The van der Waals surface area contributed by atoms with Gasteiger partial charge in [-0.1, -0.05) is 26.0 Å². The van der Waals surface area contributed by atoms with E-state index in [2.05, 4.69) is 78.5 Å². The summed E-state index contributed by atoms with van der Waals surface area (Å²) in [5.74, 6) is 0. The van der Waals surface area contributed by atoms with Crippen LogP contribution in [-0.4, -0.2) is 32.1 Å². The van der Waals surface area contributed by atoms with Crippen molar-refractivity contribution in [2.45, 2.75) is 33.2 Å². The van der Waals surface area contributed by atoms with E-state index >= 15 is 0 Å². The molecule has 3 heteroatoms. The maximum Gasteiger partial charge on any atom is 0.0505 e. The molecular formula is C15H25IN2. The van der Waals surface area contributed by atoms with Gasteiger partial charge < -0.3 is 9.80 Å². The van der Waals surface area contributed by atoms with Crippen LogP contribution in [0.4, 0.5) is 5.69 Å². The number of nitrogens with zero attached hydrogens (tertiary/aromatic N) is 2. The summed E-state index contributed by atoms with van der Waals surface area (Å²) in [6.07, 6.45) is 2.40. The highest BCUT2D eigenvalue weighted by Gasteiger charge is 2.11. The normalized spacial score (nSPS) is 11.0. The van der Waals surface area contributed by atoms with Gasteiger partial charge >= 0.3 is 0 Å². The Kier molecular flexibility index (Phi) is 7.00. The number of benzene rings is 1. The van der Waals surface area contributed by atoms with Crippen LogP contribution in [0.5, 0.6) is 0 Å². The van der Waals surface area contributed by atoms with Crippen LogP contribution in [0.3, 0.4) is 0 Å². The Labute approximate surface area is 125 Å². The lowest BCUT2D eigenvalue weighted by atomic mass is 10.1. The third-order valence-electron chi connectivity index (χ3n) is 2.87. The van der Waals surface area contributed by atoms with Crippen molar-refractivity contribution in [2.24, 2.45) is 0 Å². The lowest BCUT2D eigenvalue weighted by Gasteiger charge is -2.26. The Hall–Kier alpha value is -0.290. The molecule has 0 unspecified atom stereocenters. The minimum atomic E-state index is 1.01. The van der Waals surface area contributed by atoms with Crippen molar-refractivity contribution in [3.05, 3.63) is 27.3 Å². The van der Waals surface area contributed by atoms with Crippen molar-refractivity contribution < 1.29 is 0 Å². The van der Waals surface area contributed by atoms with E-state index in [1.807, 2.05) is 0 Å². The fourth-order valence-corrected chi connectivity index (χ4v) is 3.04. The predicted octanol–water partition coefficient (Wildman–Crippen LogP) is 3.98. The molecule has 18 heavy (non-hydrogen) atoms. The molecule has 0 bridgehead atoms. The van der Waals surface area contributed by atoms with Gasteiger partial charge in [-0.15, -0.1) is 0 Å². The molecule has 102 valence electrons. The largest absolute Gasteiger partial charge is 0.371 e. The zero-order valence-corrected chi connectivity index (χ0v) is 14.2. The fraction of sp³-hybridized carbons (Fsp3) is 0.600. The second-order valence-corrected chi connectivity index (χ2v) is 6.05. The molecule has 1 aromatic rings. The van der Waals surface area contributed by atoms with Crippen molar-refractivity contribution in [1.29, 1.82) is 0 Å². The van der Waals surface area contributed by atoms with Gasteiger partial charge in [0.1, 0.15) is 0 Å². The second kappa shape index (κ2) is 8.00. The Morgan fingerprint density at radius 1 is 1.06 bits per heavy atom. The summed E-state index contributed by atoms with van der Waals surface area (Å²) in [7, 11) is 4.25. The van der Waals surface area contributed by atoms with E-state index in [1.165, 1.54) is 27.7 Å². The van der Waals surface area contributed by atoms with Crippen molar-refractivity contribution in [1.82, 2.24) is 4.90 Å². The summed E-state index contributed by atoms with van der Waals surface area (Å²) >= 11 is 2.50. The first kappa shape index (κ1) is 15.8. The van der Waals surface area contributed by atoms with Gasteiger partial charge in [0.25, 0.3) is 0 Å². The molecule has 0 aliphatic carbocycles. The highest BCUT2D eigenvalue weighted by molar-refractivity contribution is 14.1. The highest BCUT2D eigenvalue weighted by Crippen LogP contribution is 2.27. The lowest BCUT2D eigenvalue weighted by molar-refractivity contribution is 0.401. The van der Waals surface area contributed by atoms with Crippen LogP contribution in [0.25, 0.3) is 0 Å². The van der Waals surface area contributed by atoms with Gasteiger partial charge in [-0.2, -0.15) is 0 Å². The molecule has 0 saturated heterocycles. The van der Waals surface area contributed by atoms with Crippen LogP contribution in [0.15, 0.2) is 18.2 Å². The van der Waals surface area contributed by atoms with Crippen molar-refractivity contribution in [2.75, 3.05) is 32.1 Å². The Bertz CT molecular complexity index is 358. The molecule has 0 radical (unpaired) electrons. The predicted molar refractivity (Wildman–Crippen MR) is 89.3 cm³/mol. The third-order valence-corrected chi connectivity index (χ3v) is 4.12. The first-order chi connectivity index (χ1) is 8.60. The van der Waals surface area contributed by atoms with Gasteiger partial charge in [0, 0.05) is 23.2 Å². The second-order valence-electron chi connectivity index (χ2n) is 4.98. The van der Waals surface area contributed by atoms with Crippen LogP contribution < -0.4 is 4.90 Å². The molecule has 0 aliphatic heterocycles. The summed E-state index contributed by atoms with van der Waals surface area (Å²) in [6, 6.07) is 6.68.